The van der Waals surface area contributed by atoms with Gasteiger partial charge in [-0.3, -0.25) is 14.4 Å². The van der Waals surface area contributed by atoms with Crippen LogP contribution in [0.5, 0.6) is 11.5 Å². The summed E-state index contributed by atoms with van der Waals surface area (Å²) in [5.41, 5.74) is 2.04. The van der Waals surface area contributed by atoms with Crippen LogP contribution in [0.25, 0.3) is 0 Å². The molecule has 1 saturated carbocycles. The van der Waals surface area contributed by atoms with Crippen LogP contribution < -0.4 is 20.1 Å². The molecule has 0 atom stereocenters. The summed E-state index contributed by atoms with van der Waals surface area (Å²) < 4.78 is 10.9. The van der Waals surface area contributed by atoms with Crippen molar-refractivity contribution in [1.82, 2.24) is 5.32 Å². The highest BCUT2D eigenvalue weighted by Gasteiger charge is 2.23. The number of Topliss-reactive ketones (excluding diaryl/α,β-unsaturated/α-hetero) is 1. The van der Waals surface area contributed by atoms with Crippen molar-refractivity contribution in [3.05, 3.63) is 53.6 Å². The van der Waals surface area contributed by atoms with Gasteiger partial charge in [-0.25, -0.2) is 0 Å². The lowest BCUT2D eigenvalue weighted by Gasteiger charge is -2.22. The standard InChI is InChI=1S/C26H32N2O5/c1-17(2)18-8-7-11-21(14-18)27-24(29)16-33-22-13-12-19(15-23(22)32-3)25(30)26(31)28-20-9-5-4-6-10-20/h7-8,11-15,17,20H,4-6,9-10,16H2,1-3H3,(H,27,29)(H,28,31). The highest BCUT2D eigenvalue weighted by atomic mass is 16.5. The zero-order valence-corrected chi connectivity index (χ0v) is 19.5. The first-order valence-corrected chi connectivity index (χ1v) is 11.4. The second kappa shape index (κ2) is 11.5. The van der Waals surface area contributed by atoms with E-state index in [0.717, 1.165) is 31.2 Å². The first-order chi connectivity index (χ1) is 15.9. The number of hydrogen-bond donors (Lipinski definition) is 2. The highest BCUT2D eigenvalue weighted by molar-refractivity contribution is 6.42. The molecule has 0 spiro atoms. The Balaban J connectivity index is 1.58. The number of hydrogen-bond acceptors (Lipinski definition) is 5. The number of methoxy groups -OCH3 is 1. The van der Waals surface area contributed by atoms with E-state index in [-0.39, 0.29) is 29.9 Å². The second-order valence-corrected chi connectivity index (χ2v) is 8.62. The Labute approximate surface area is 194 Å². The zero-order valence-electron chi connectivity index (χ0n) is 19.5. The Morgan fingerprint density at radius 3 is 2.45 bits per heavy atom. The van der Waals surface area contributed by atoms with Gasteiger partial charge in [0.05, 0.1) is 7.11 Å². The highest BCUT2D eigenvalue weighted by Crippen LogP contribution is 2.28. The van der Waals surface area contributed by atoms with Crippen LogP contribution in [0.1, 0.15) is 67.8 Å². The lowest BCUT2D eigenvalue weighted by molar-refractivity contribution is -0.118. The van der Waals surface area contributed by atoms with E-state index < -0.39 is 11.7 Å². The minimum absolute atomic E-state index is 0.0550. The Morgan fingerprint density at radius 2 is 1.76 bits per heavy atom. The molecule has 3 rings (SSSR count). The van der Waals surface area contributed by atoms with E-state index in [0.29, 0.717) is 17.4 Å². The fourth-order valence-electron chi connectivity index (χ4n) is 3.87. The molecular formula is C26H32N2O5. The SMILES string of the molecule is COc1cc(C(=O)C(=O)NC2CCCCC2)ccc1OCC(=O)Nc1cccc(C(C)C)c1. The van der Waals surface area contributed by atoms with Crippen LogP contribution in [0.2, 0.25) is 0 Å². The molecular weight excluding hydrogens is 420 g/mol. The number of amides is 2. The molecule has 0 aromatic heterocycles. The van der Waals surface area contributed by atoms with Gasteiger partial charge in [-0.05, 0) is 54.7 Å². The van der Waals surface area contributed by atoms with E-state index in [9.17, 15) is 14.4 Å². The monoisotopic (exact) mass is 452 g/mol. The summed E-state index contributed by atoms with van der Waals surface area (Å²) in [5.74, 6) is -0.596. The third kappa shape index (κ3) is 6.81. The average molecular weight is 453 g/mol. The molecule has 0 bridgehead atoms. The maximum Gasteiger partial charge on any atom is 0.292 e. The number of ketones is 1. The van der Waals surface area contributed by atoms with Gasteiger partial charge in [0.25, 0.3) is 11.8 Å². The third-order valence-electron chi connectivity index (χ3n) is 5.77. The zero-order chi connectivity index (χ0) is 23.8. The Bertz CT molecular complexity index is 996. The minimum atomic E-state index is -0.617. The topological polar surface area (TPSA) is 93.7 Å². The van der Waals surface area contributed by atoms with E-state index in [1.54, 1.807) is 0 Å². The van der Waals surface area contributed by atoms with Gasteiger partial charge >= 0.3 is 0 Å². The van der Waals surface area contributed by atoms with Crippen LogP contribution in [-0.2, 0) is 9.59 Å². The van der Waals surface area contributed by atoms with Crippen molar-refractivity contribution in [3.63, 3.8) is 0 Å². The maximum atomic E-state index is 12.6. The van der Waals surface area contributed by atoms with Gasteiger partial charge in [0, 0.05) is 17.3 Å². The number of benzene rings is 2. The van der Waals surface area contributed by atoms with Crippen LogP contribution in [0.15, 0.2) is 42.5 Å². The van der Waals surface area contributed by atoms with Gasteiger partial charge < -0.3 is 20.1 Å². The van der Waals surface area contributed by atoms with Gasteiger partial charge in [-0.15, -0.1) is 0 Å². The second-order valence-electron chi connectivity index (χ2n) is 8.62. The van der Waals surface area contributed by atoms with Crippen molar-refractivity contribution in [2.45, 2.75) is 57.9 Å². The Morgan fingerprint density at radius 1 is 1.00 bits per heavy atom. The molecule has 7 nitrogen and oxygen atoms in total. The van der Waals surface area contributed by atoms with E-state index >= 15 is 0 Å². The summed E-state index contributed by atoms with van der Waals surface area (Å²) >= 11 is 0. The smallest absolute Gasteiger partial charge is 0.292 e. The van der Waals surface area contributed by atoms with Crippen LogP contribution in [0.4, 0.5) is 5.69 Å². The van der Waals surface area contributed by atoms with E-state index in [2.05, 4.69) is 24.5 Å². The molecule has 2 amide bonds. The quantitative estimate of drug-likeness (QED) is 0.433. The molecule has 2 N–H and O–H groups in total. The third-order valence-corrected chi connectivity index (χ3v) is 5.77. The Kier molecular flexibility index (Phi) is 8.46. The molecule has 7 heteroatoms. The van der Waals surface area contributed by atoms with Crippen LogP contribution in [-0.4, -0.2) is 37.4 Å². The van der Waals surface area contributed by atoms with Crippen LogP contribution in [0, 0.1) is 0 Å². The lowest BCUT2D eigenvalue weighted by Crippen LogP contribution is -2.40. The first-order valence-electron chi connectivity index (χ1n) is 11.4. The van der Waals surface area contributed by atoms with Crippen LogP contribution in [0.3, 0.4) is 0 Å². The Hall–Kier alpha value is -3.35. The maximum absolute atomic E-state index is 12.6. The van der Waals surface area contributed by atoms with Crippen molar-refractivity contribution >= 4 is 23.3 Å². The van der Waals surface area contributed by atoms with E-state index in [1.807, 2.05) is 24.3 Å². The number of anilines is 1. The van der Waals surface area contributed by atoms with Crippen molar-refractivity contribution in [2.75, 3.05) is 19.0 Å². The fraction of sp³-hybridized carbons (Fsp3) is 0.423. The molecule has 33 heavy (non-hydrogen) atoms. The van der Waals surface area contributed by atoms with Crippen molar-refractivity contribution in [3.8, 4) is 11.5 Å². The average Bonchev–Trinajstić information content (AvgIpc) is 2.83. The first kappa shape index (κ1) is 24.3. The number of carbonyl (C=O) groups is 3. The lowest BCUT2D eigenvalue weighted by atomic mass is 9.95. The molecule has 1 fully saturated rings. The number of carbonyl (C=O) groups excluding carboxylic acids is 3. The molecule has 0 radical (unpaired) electrons. The van der Waals surface area contributed by atoms with Crippen molar-refractivity contribution < 1.29 is 23.9 Å². The summed E-state index contributed by atoms with van der Waals surface area (Å²) in [7, 11) is 1.44. The number of nitrogens with one attached hydrogen (secondary N) is 2. The normalized spacial score (nSPS) is 13.9. The summed E-state index contributed by atoms with van der Waals surface area (Å²) in [4.78, 5) is 37.3. The summed E-state index contributed by atoms with van der Waals surface area (Å²) in [6, 6.07) is 12.2. The molecule has 2 aromatic rings. The molecule has 176 valence electrons. The van der Waals surface area contributed by atoms with Gasteiger partial charge in [-0.2, -0.15) is 0 Å². The number of rotatable bonds is 9. The summed E-state index contributed by atoms with van der Waals surface area (Å²) in [6.45, 7) is 3.95. The van der Waals surface area contributed by atoms with Gasteiger partial charge in [-0.1, -0.05) is 45.2 Å². The molecule has 0 saturated heterocycles. The van der Waals surface area contributed by atoms with Crippen LogP contribution >= 0.6 is 0 Å². The molecule has 1 aliphatic carbocycles. The predicted octanol–water partition coefficient (Wildman–Crippen LogP) is 4.47. The summed E-state index contributed by atoms with van der Waals surface area (Å²) in [5, 5.41) is 5.65. The molecule has 0 unspecified atom stereocenters. The van der Waals surface area contributed by atoms with E-state index in [4.69, 9.17) is 9.47 Å². The predicted molar refractivity (Wildman–Crippen MR) is 127 cm³/mol. The van der Waals surface area contributed by atoms with Gasteiger partial charge in [0.15, 0.2) is 18.1 Å². The minimum Gasteiger partial charge on any atom is -0.493 e. The van der Waals surface area contributed by atoms with Gasteiger partial charge in [0.2, 0.25) is 5.78 Å². The van der Waals surface area contributed by atoms with Gasteiger partial charge in [0.1, 0.15) is 0 Å². The molecule has 1 aliphatic rings. The van der Waals surface area contributed by atoms with Crippen molar-refractivity contribution in [2.24, 2.45) is 0 Å². The number of ether oxygens (including phenoxy) is 2. The molecule has 0 heterocycles. The van der Waals surface area contributed by atoms with E-state index in [1.165, 1.54) is 31.7 Å². The molecule has 0 aliphatic heterocycles. The largest absolute Gasteiger partial charge is 0.493 e. The molecule has 2 aromatic carbocycles. The van der Waals surface area contributed by atoms with Crippen molar-refractivity contribution in [1.29, 1.82) is 0 Å². The fourth-order valence-corrected chi connectivity index (χ4v) is 3.87. The summed E-state index contributed by atoms with van der Waals surface area (Å²) in [6.07, 6.45) is 5.10.